The van der Waals surface area contributed by atoms with E-state index in [9.17, 15) is 19.7 Å². The minimum absolute atomic E-state index is 0.0494. The maximum atomic E-state index is 12.4. The van der Waals surface area contributed by atoms with Crippen molar-refractivity contribution in [3.05, 3.63) is 101 Å². The van der Waals surface area contributed by atoms with Gasteiger partial charge in [0.05, 0.1) is 4.92 Å². The highest BCUT2D eigenvalue weighted by molar-refractivity contribution is 7.99. The lowest BCUT2D eigenvalue weighted by molar-refractivity contribution is -0.384. The van der Waals surface area contributed by atoms with Crippen LogP contribution in [0.25, 0.3) is 12.2 Å². The van der Waals surface area contributed by atoms with E-state index in [1.165, 1.54) is 30.3 Å². The number of hydrogen-bond acceptors (Lipinski definition) is 6. The fourth-order valence-electron chi connectivity index (χ4n) is 2.73. The Bertz CT molecular complexity index is 1290. The second kappa shape index (κ2) is 10.1. The zero-order chi connectivity index (χ0) is 22.4. The fourth-order valence-corrected chi connectivity index (χ4v) is 3.75. The molecule has 2 aromatic carbocycles. The van der Waals surface area contributed by atoms with E-state index >= 15 is 0 Å². The van der Waals surface area contributed by atoms with E-state index in [4.69, 9.17) is 0 Å². The maximum absolute atomic E-state index is 12.4. The van der Waals surface area contributed by atoms with Gasteiger partial charge in [0, 0.05) is 29.3 Å². The van der Waals surface area contributed by atoms with Crippen molar-refractivity contribution in [1.29, 1.82) is 0 Å². The van der Waals surface area contributed by atoms with Gasteiger partial charge in [0.1, 0.15) is 10.7 Å². The number of non-ortho nitro benzene ring substituents is 1. The number of nitrogens with one attached hydrogen (secondary N) is 2. The van der Waals surface area contributed by atoms with E-state index in [-0.39, 0.29) is 16.4 Å². The lowest BCUT2D eigenvalue weighted by Gasteiger charge is -2.08. The summed E-state index contributed by atoms with van der Waals surface area (Å²) >= 11 is 1.75. The van der Waals surface area contributed by atoms with Crippen molar-refractivity contribution >= 4 is 29.6 Å². The molecule has 3 aromatic rings. The second-order valence-electron chi connectivity index (χ2n) is 7.09. The summed E-state index contributed by atoms with van der Waals surface area (Å²) in [6, 6.07) is 13.4. The highest BCUT2D eigenvalue weighted by atomic mass is 32.2. The molecule has 0 saturated carbocycles. The van der Waals surface area contributed by atoms with Gasteiger partial charge in [-0.2, -0.15) is 0 Å². The summed E-state index contributed by atoms with van der Waals surface area (Å²) in [7, 11) is 4.07. The number of benzene rings is 2. The molecule has 160 valence electrons. The Morgan fingerprint density at radius 1 is 0.903 bits per heavy atom. The molecule has 0 amide bonds. The van der Waals surface area contributed by atoms with Gasteiger partial charge in [0.2, 0.25) is 0 Å². The highest BCUT2D eigenvalue weighted by Crippen LogP contribution is 2.18. The molecule has 0 radical (unpaired) electrons. The lowest BCUT2D eigenvalue weighted by Crippen LogP contribution is -2.46. The molecule has 3 rings (SSSR count). The summed E-state index contributed by atoms with van der Waals surface area (Å²) in [6.45, 7) is 0.985. The minimum atomic E-state index is -0.502. The number of nitrogens with zero attached hydrogens (tertiary/aromatic N) is 2. The molecular formula is C22H22N4O4S. The summed E-state index contributed by atoms with van der Waals surface area (Å²) < 4.78 is 0. The van der Waals surface area contributed by atoms with Crippen molar-refractivity contribution in [1.82, 2.24) is 14.9 Å². The zero-order valence-electron chi connectivity index (χ0n) is 17.1. The predicted octanol–water partition coefficient (Wildman–Crippen LogP) is 1.28. The van der Waals surface area contributed by atoms with Crippen LogP contribution in [-0.4, -0.2) is 46.2 Å². The van der Waals surface area contributed by atoms with Gasteiger partial charge in [-0.15, -0.1) is 11.8 Å². The van der Waals surface area contributed by atoms with Crippen molar-refractivity contribution in [3.8, 4) is 0 Å². The Kier molecular flexibility index (Phi) is 7.22. The van der Waals surface area contributed by atoms with Crippen LogP contribution in [0.1, 0.15) is 11.1 Å². The molecule has 0 saturated heterocycles. The molecular weight excluding hydrogens is 416 g/mol. The van der Waals surface area contributed by atoms with Gasteiger partial charge >= 0.3 is 0 Å². The number of hydrogen-bond donors (Lipinski definition) is 2. The molecule has 2 N–H and O–H groups in total. The SMILES string of the molecule is CN(C)CCSc1ccc(C=c2[nH]c(=O)c(=Cc3ccc([N+](=O)[O-])cc3)[nH]c2=O)cc1. The summed E-state index contributed by atoms with van der Waals surface area (Å²) in [6.07, 6.45) is 3.08. The Balaban J connectivity index is 1.84. The third kappa shape index (κ3) is 6.27. The van der Waals surface area contributed by atoms with E-state index in [0.717, 1.165) is 22.8 Å². The van der Waals surface area contributed by atoms with E-state index in [0.29, 0.717) is 5.56 Å². The molecule has 1 aromatic heterocycles. The van der Waals surface area contributed by atoms with Crippen LogP contribution < -0.4 is 21.8 Å². The number of nitro benzene ring substituents is 1. The molecule has 1 heterocycles. The van der Waals surface area contributed by atoms with Crippen LogP contribution in [0.5, 0.6) is 0 Å². The number of nitro groups is 1. The van der Waals surface area contributed by atoms with E-state index in [1.807, 2.05) is 38.4 Å². The summed E-state index contributed by atoms with van der Waals surface area (Å²) in [5.41, 5.74) is 0.417. The third-order valence-corrected chi connectivity index (χ3v) is 5.39. The zero-order valence-corrected chi connectivity index (χ0v) is 17.9. The number of rotatable bonds is 7. The van der Waals surface area contributed by atoms with Crippen LogP contribution in [0, 0.1) is 10.1 Å². The van der Waals surface area contributed by atoms with Crippen molar-refractivity contribution in [2.24, 2.45) is 0 Å². The van der Waals surface area contributed by atoms with Gasteiger partial charge in [-0.25, -0.2) is 0 Å². The monoisotopic (exact) mass is 438 g/mol. The Morgan fingerprint density at radius 3 is 1.84 bits per heavy atom. The molecule has 0 aliphatic rings. The first-order valence-corrected chi connectivity index (χ1v) is 10.5. The van der Waals surface area contributed by atoms with Gasteiger partial charge < -0.3 is 14.9 Å². The van der Waals surface area contributed by atoms with Gasteiger partial charge in [0.25, 0.3) is 16.8 Å². The fraction of sp³-hybridized carbons (Fsp3) is 0.182. The van der Waals surface area contributed by atoms with Gasteiger partial charge in [-0.1, -0.05) is 12.1 Å². The molecule has 0 spiro atoms. The first kappa shape index (κ1) is 22.3. The summed E-state index contributed by atoms with van der Waals surface area (Å²) in [5.74, 6) is 0.982. The largest absolute Gasteiger partial charge is 0.316 e. The molecule has 0 atom stereocenters. The van der Waals surface area contributed by atoms with Crippen molar-refractivity contribution < 1.29 is 4.92 Å². The van der Waals surface area contributed by atoms with Crippen molar-refractivity contribution in [3.63, 3.8) is 0 Å². The molecule has 0 unspecified atom stereocenters. The molecule has 0 bridgehead atoms. The van der Waals surface area contributed by atoms with Crippen LogP contribution in [-0.2, 0) is 0 Å². The minimum Gasteiger partial charge on any atom is -0.316 e. The smallest absolute Gasteiger partial charge is 0.272 e. The van der Waals surface area contributed by atoms with Crippen molar-refractivity contribution in [2.45, 2.75) is 4.90 Å². The van der Waals surface area contributed by atoms with Crippen LogP contribution in [0.4, 0.5) is 5.69 Å². The van der Waals surface area contributed by atoms with E-state index in [1.54, 1.807) is 17.8 Å². The van der Waals surface area contributed by atoms with Crippen LogP contribution in [0.2, 0.25) is 0 Å². The molecule has 9 heteroatoms. The quantitative estimate of drug-likeness (QED) is 0.327. The Morgan fingerprint density at radius 2 is 1.39 bits per heavy atom. The standard InChI is InChI=1S/C22H22N4O4S/c1-25(2)11-12-31-18-9-5-16(6-10-18)14-20-22(28)23-19(21(27)24-20)13-15-3-7-17(8-4-15)26(29)30/h3-10,13-14H,11-12H2,1-2H3,(H,23,28)(H,24,27). The maximum Gasteiger partial charge on any atom is 0.272 e. The topological polar surface area (TPSA) is 112 Å². The molecule has 0 aliphatic carbocycles. The normalized spacial score (nSPS) is 12.5. The number of aromatic nitrogens is 2. The number of aromatic amines is 2. The van der Waals surface area contributed by atoms with Gasteiger partial charge in [0.15, 0.2) is 0 Å². The first-order valence-electron chi connectivity index (χ1n) is 9.50. The second-order valence-corrected chi connectivity index (χ2v) is 8.26. The Hall–Kier alpha value is -3.43. The van der Waals surface area contributed by atoms with Gasteiger partial charge in [-0.3, -0.25) is 19.7 Å². The number of thioether (sulfide) groups is 1. The predicted molar refractivity (Wildman–Crippen MR) is 123 cm³/mol. The van der Waals surface area contributed by atoms with E-state index < -0.39 is 16.0 Å². The first-order chi connectivity index (χ1) is 14.8. The lowest BCUT2D eigenvalue weighted by atomic mass is 10.2. The van der Waals surface area contributed by atoms with Crippen LogP contribution >= 0.6 is 11.8 Å². The Labute approximate surface area is 182 Å². The third-order valence-electron chi connectivity index (χ3n) is 4.40. The highest BCUT2D eigenvalue weighted by Gasteiger charge is 2.03. The average Bonchev–Trinajstić information content (AvgIpc) is 2.73. The van der Waals surface area contributed by atoms with Crippen LogP contribution in [0.3, 0.4) is 0 Å². The summed E-state index contributed by atoms with van der Waals surface area (Å²) in [5, 5.41) is 11.0. The molecule has 0 aliphatic heterocycles. The molecule has 0 fully saturated rings. The van der Waals surface area contributed by atoms with Crippen molar-refractivity contribution in [2.75, 3.05) is 26.4 Å². The molecule has 8 nitrogen and oxygen atoms in total. The summed E-state index contributed by atoms with van der Waals surface area (Å²) in [4.78, 5) is 43.5. The van der Waals surface area contributed by atoms with E-state index in [2.05, 4.69) is 14.9 Å². The van der Waals surface area contributed by atoms with Crippen LogP contribution in [0.15, 0.2) is 63.0 Å². The number of H-pyrrole nitrogens is 2. The molecule has 31 heavy (non-hydrogen) atoms. The van der Waals surface area contributed by atoms with Gasteiger partial charge in [-0.05, 0) is 61.6 Å². The average molecular weight is 439 g/mol.